The summed E-state index contributed by atoms with van der Waals surface area (Å²) >= 11 is 0. The normalized spacial score (nSPS) is 20.8. The fourth-order valence-corrected chi connectivity index (χ4v) is 2.22. The molecule has 1 saturated heterocycles. The number of aromatic nitrogens is 1. The number of nitrogens with zero attached hydrogens (tertiary/aromatic N) is 3. The van der Waals surface area contributed by atoms with Gasteiger partial charge in [-0.2, -0.15) is 5.26 Å². The molecule has 2 heterocycles. The fourth-order valence-electron chi connectivity index (χ4n) is 2.22. The Morgan fingerprint density at radius 2 is 2.47 bits per heavy atom. The van der Waals surface area contributed by atoms with Crippen LogP contribution < -0.4 is 5.32 Å². The van der Waals surface area contributed by atoms with E-state index in [9.17, 15) is 0 Å². The fraction of sp³-hybridized carbons (Fsp3) is 0.538. The molecule has 1 atom stereocenters. The lowest BCUT2D eigenvalue weighted by Crippen LogP contribution is -2.40. The highest BCUT2D eigenvalue weighted by Crippen LogP contribution is 2.15. The standard InChI is InChI=1S/C13H18N4/c1-17-7-3-2-4-12(17)10-16-13-8-11(9-14)5-6-15-13/h5-6,8,12H,2-4,7,10H2,1H3,(H,15,16). The molecule has 0 aromatic carbocycles. The first kappa shape index (κ1) is 11.9. The van der Waals surface area contributed by atoms with Gasteiger partial charge in [-0.3, -0.25) is 0 Å². The number of pyridine rings is 1. The number of nitriles is 1. The van der Waals surface area contributed by atoms with Crippen molar-refractivity contribution >= 4 is 5.82 Å². The van der Waals surface area contributed by atoms with Gasteiger partial charge >= 0.3 is 0 Å². The average Bonchev–Trinajstić information content (AvgIpc) is 2.38. The maximum atomic E-state index is 8.81. The van der Waals surface area contributed by atoms with Crippen LogP contribution in [-0.4, -0.2) is 36.1 Å². The summed E-state index contributed by atoms with van der Waals surface area (Å²) in [6.07, 6.45) is 5.52. The number of hydrogen-bond acceptors (Lipinski definition) is 4. The Labute approximate surface area is 102 Å². The lowest BCUT2D eigenvalue weighted by molar-refractivity contribution is 0.194. The molecule has 1 aliphatic heterocycles. The van der Waals surface area contributed by atoms with Crippen LogP contribution in [0.15, 0.2) is 18.3 Å². The predicted molar refractivity (Wildman–Crippen MR) is 67.7 cm³/mol. The summed E-state index contributed by atoms with van der Waals surface area (Å²) in [5.74, 6) is 0.794. The van der Waals surface area contributed by atoms with Crippen LogP contribution in [0.25, 0.3) is 0 Å². The molecule has 1 N–H and O–H groups in total. The Morgan fingerprint density at radius 3 is 3.24 bits per heavy atom. The molecule has 1 aromatic rings. The van der Waals surface area contributed by atoms with Gasteiger partial charge in [0.25, 0.3) is 0 Å². The summed E-state index contributed by atoms with van der Waals surface area (Å²) in [6.45, 7) is 2.08. The minimum absolute atomic E-state index is 0.580. The van der Waals surface area contributed by atoms with Crippen LogP contribution in [0.2, 0.25) is 0 Å². The van der Waals surface area contributed by atoms with Crippen LogP contribution in [0.3, 0.4) is 0 Å². The van der Waals surface area contributed by atoms with Crippen molar-refractivity contribution in [2.75, 3.05) is 25.5 Å². The number of anilines is 1. The predicted octanol–water partition coefficient (Wildman–Crippen LogP) is 1.85. The Morgan fingerprint density at radius 1 is 1.59 bits per heavy atom. The van der Waals surface area contributed by atoms with Crippen LogP contribution in [-0.2, 0) is 0 Å². The molecule has 1 unspecified atom stereocenters. The van der Waals surface area contributed by atoms with Gasteiger partial charge in [-0.1, -0.05) is 6.42 Å². The number of piperidine rings is 1. The second-order valence-corrected chi connectivity index (χ2v) is 4.55. The van der Waals surface area contributed by atoms with Crippen molar-refractivity contribution in [2.45, 2.75) is 25.3 Å². The van der Waals surface area contributed by atoms with E-state index in [2.05, 4.69) is 28.3 Å². The van der Waals surface area contributed by atoms with Gasteiger partial charge < -0.3 is 10.2 Å². The molecule has 0 spiro atoms. The van der Waals surface area contributed by atoms with Gasteiger partial charge in [-0.25, -0.2) is 4.98 Å². The molecule has 1 fully saturated rings. The third-order valence-corrected chi connectivity index (χ3v) is 3.33. The van der Waals surface area contributed by atoms with E-state index in [-0.39, 0.29) is 0 Å². The third kappa shape index (κ3) is 3.18. The third-order valence-electron chi connectivity index (χ3n) is 3.33. The van der Waals surface area contributed by atoms with Crippen molar-refractivity contribution in [3.63, 3.8) is 0 Å². The zero-order valence-corrected chi connectivity index (χ0v) is 10.2. The first-order chi connectivity index (χ1) is 8.29. The number of hydrogen-bond donors (Lipinski definition) is 1. The topological polar surface area (TPSA) is 52.0 Å². The maximum Gasteiger partial charge on any atom is 0.127 e. The average molecular weight is 230 g/mol. The van der Waals surface area contributed by atoms with Gasteiger partial charge in [0.1, 0.15) is 5.82 Å². The van der Waals surface area contributed by atoms with E-state index in [0.29, 0.717) is 11.6 Å². The van der Waals surface area contributed by atoms with Crippen molar-refractivity contribution in [1.82, 2.24) is 9.88 Å². The summed E-state index contributed by atoms with van der Waals surface area (Å²) in [5.41, 5.74) is 0.652. The van der Waals surface area contributed by atoms with Crippen molar-refractivity contribution in [3.05, 3.63) is 23.9 Å². The lowest BCUT2D eigenvalue weighted by Gasteiger charge is -2.32. The molecule has 17 heavy (non-hydrogen) atoms. The molecule has 0 bridgehead atoms. The Bertz CT molecular complexity index is 410. The van der Waals surface area contributed by atoms with E-state index in [4.69, 9.17) is 5.26 Å². The largest absolute Gasteiger partial charge is 0.368 e. The van der Waals surface area contributed by atoms with Gasteiger partial charge in [0.2, 0.25) is 0 Å². The molecule has 2 rings (SSSR count). The van der Waals surface area contributed by atoms with E-state index >= 15 is 0 Å². The molecule has 0 aliphatic carbocycles. The second kappa shape index (κ2) is 5.65. The summed E-state index contributed by atoms with van der Waals surface area (Å²) < 4.78 is 0. The van der Waals surface area contributed by atoms with Crippen molar-refractivity contribution in [3.8, 4) is 6.07 Å². The molecule has 1 aromatic heterocycles. The van der Waals surface area contributed by atoms with Gasteiger partial charge in [0.15, 0.2) is 0 Å². The number of rotatable bonds is 3. The number of likely N-dealkylation sites (tertiary alicyclic amines) is 1. The number of nitrogens with one attached hydrogen (secondary N) is 1. The van der Waals surface area contributed by atoms with Crippen molar-refractivity contribution < 1.29 is 0 Å². The summed E-state index contributed by atoms with van der Waals surface area (Å²) in [7, 11) is 2.17. The minimum atomic E-state index is 0.580. The van der Waals surface area contributed by atoms with Gasteiger partial charge in [0, 0.05) is 18.8 Å². The smallest absolute Gasteiger partial charge is 0.127 e. The van der Waals surface area contributed by atoms with E-state index in [1.807, 2.05) is 0 Å². The van der Waals surface area contributed by atoms with E-state index in [0.717, 1.165) is 12.4 Å². The first-order valence-electron chi connectivity index (χ1n) is 6.10. The number of likely N-dealkylation sites (N-methyl/N-ethyl adjacent to an activating group) is 1. The van der Waals surface area contributed by atoms with Gasteiger partial charge in [0.05, 0.1) is 11.6 Å². The highest BCUT2D eigenvalue weighted by Gasteiger charge is 2.18. The van der Waals surface area contributed by atoms with Crippen LogP contribution in [0.4, 0.5) is 5.82 Å². The highest BCUT2D eigenvalue weighted by atomic mass is 15.2. The Kier molecular flexibility index (Phi) is 3.94. The first-order valence-corrected chi connectivity index (χ1v) is 6.10. The summed E-state index contributed by atoms with van der Waals surface area (Å²) in [6, 6.07) is 6.22. The van der Waals surface area contributed by atoms with Crippen LogP contribution in [0.5, 0.6) is 0 Å². The van der Waals surface area contributed by atoms with Crippen LogP contribution >= 0.6 is 0 Å². The van der Waals surface area contributed by atoms with Gasteiger partial charge in [-0.05, 0) is 38.6 Å². The van der Waals surface area contributed by atoms with Crippen molar-refractivity contribution in [2.24, 2.45) is 0 Å². The van der Waals surface area contributed by atoms with Gasteiger partial charge in [-0.15, -0.1) is 0 Å². The van der Waals surface area contributed by atoms with Crippen LogP contribution in [0, 0.1) is 11.3 Å². The van der Waals surface area contributed by atoms with Crippen LogP contribution in [0.1, 0.15) is 24.8 Å². The molecular weight excluding hydrogens is 212 g/mol. The molecular formula is C13H18N4. The van der Waals surface area contributed by atoms with E-state index in [1.54, 1.807) is 18.3 Å². The monoisotopic (exact) mass is 230 g/mol. The summed E-state index contributed by atoms with van der Waals surface area (Å²) in [5, 5.41) is 12.1. The van der Waals surface area contributed by atoms with E-state index in [1.165, 1.54) is 25.8 Å². The molecule has 4 heteroatoms. The summed E-state index contributed by atoms with van der Waals surface area (Å²) in [4.78, 5) is 6.61. The maximum absolute atomic E-state index is 8.81. The molecule has 0 radical (unpaired) electrons. The molecule has 1 aliphatic rings. The minimum Gasteiger partial charge on any atom is -0.368 e. The Hall–Kier alpha value is -1.60. The molecule has 0 amide bonds. The quantitative estimate of drug-likeness (QED) is 0.861. The Balaban J connectivity index is 1.90. The zero-order chi connectivity index (χ0) is 12.1. The van der Waals surface area contributed by atoms with E-state index < -0.39 is 0 Å². The SMILES string of the molecule is CN1CCCCC1CNc1cc(C#N)ccn1. The lowest BCUT2D eigenvalue weighted by atomic mass is 10.0. The van der Waals surface area contributed by atoms with Crippen molar-refractivity contribution in [1.29, 1.82) is 5.26 Å². The molecule has 90 valence electrons. The second-order valence-electron chi connectivity index (χ2n) is 4.55. The highest BCUT2D eigenvalue weighted by molar-refractivity contribution is 5.42. The zero-order valence-electron chi connectivity index (χ0n) is 10.2. The molecule has 0 saturated carbocycles. The molecule has 4 nitrogen and oxygen atoms in total.